The van der Waals surface area contributed by atoms with Gasteiger partial charge in [-0.3, -0.25) is 4.90 Å². The SMILES string of the molecule is COc1ccccc1-c1cccc(CNC[C@@H](N(C)Cc2cccc(-c3ccccc3OC)c2O)C(C)(C)C)c1O. The highest BCUT2D eigenvalue weighted by atomic mass is 16.5. The quantitative estimate of drug-likeness (QED) is 0.184. The van der Waals surface area contributed by atoms with Gasteiger partial charge in [0.2, 0.25) is 0 Å². The Balaban J connectivity index is 1.50. The molecule has 0 heterocycles. The molecular formula is C35H42N2O4. The van der Waals surface area contributed by atoms with Crippen molar-refractivity contribution in [3.05, 3.63) is 96.1 Å². The standard InChI is InChI=1S/C35H42N2O4/c1-35(2,3)32(22-36-21-24-13-11-17-28(33(24)38)26-15-7-9-19-30(26)40-5)37(4)23-25-14-12-18-29(34(25)39)27-16-8-10-20-31(27)41-6/h7-20,32,36,38-39H,21-23H2,1-6H3/t32-/m1/s1. The lowest BCUT2D eigenvalue weighted by molar-refractivity contribution is 0.116. The number of ether oxygens (including phenoxy) is 2. The van der Waals surface area contributed by atoms with Crippen molar-refractivity contribution < 1.29 is 19.7 Å². The Bertz CT molecular complexity index is 1460. The van der Waals surface area contributed by atoms with E-state index in [4.69, 9.17) is 9.47 Å². The van der Waals surface area contributed by atoms with Gasteiger partial charge >= 0.3 is 0 Å². The lowest BCUT2D eigenvalue weighted by atomic mass is 9.85. The normalized spacial score (nSPS) is 12.4. The van der Waals surface area contributed by atoms with E-state index in [9.17, 15) is 10.2 Å². The topological polar surface area (TPSA) is 74.2 Å². The fourth-order valence-electron chi connectivity index (χ4n) is 5.47. The van der Waals surface area contributed by atoms with Gasteiger partial charge < -0.3 is 25.0 Å². The maximum absolute atomic E-state index is 11.3. The molecule has 0 saturated heterocycles. The number of benzene rings is 4. The molecule has 4 aromatic carbocycles. The van der Waals surface area contributed by atoms with Gasteiger partial charge in [0.25, 0.3) is 0 Å². The number of phenolic OH excluding ortho intramolecular Hbond substituents is 2. The van der Waals surface area contributed by atoms with Gasteiger partial charge in [0.15, 0.2) is 0 Å². The molecule has 6 heteroatoms. The van der Waals surface area contributed by atoms with E-state index in [1.807, 2.05) is 84.9 Å². The van der Waals surface area contributed by atoms with Crippen molar-refractivity contribution in [3.8, 4) is 45.3 Å². The lowest BCUT2D eigenvalue weighted by Gasteiger charge is -2.38. The summed E-state index contributed by atoms with van der Waals surface area (Å²) in [5.41, 5.74) is 4.86. The summed E-state index contributed by atoms with van der Waals surface area (Å²) in [4.78, 5) is 2.28. The number of aromatic hydroxyl groups is 2. The predicted molar refractivity (Wildman–Crippen MR) is 167 cm³/mol. The summed E-state index contributed by atoms with van der Waals surface area (Å²) in [6, 6.07) is 27.3. The molecule has 0 bridgehead atoms. The van der Waals surface area contributed by atoms with E-state index in [-0.39, 0.29) is 23.0 Å². The van der Waals surface area contributed by atoms with Crippen molar-refractivity contribution in [1.29, 1.82) is 0 Å². The molecule has 41 heavy (non-hydrogen) atoms. The molecular weight excluding hydrogens is 512 g/mol. The van der Waals surface area contributed by atoms with Crippen molar-refractivity contribution in [3.63, 3.8) is 0 Å². The molecule has 4 aromatic rings. The third-order valence-corrected chi connectivity index (χ3v) is 7.64. The monoisotopic (exact) mass is 554 g/mol. The third-order valence-electron chi connectivity index (χ3n) is 7.64. The second-order valence-electron chi connectivity index (χ2n) is 11.5. The summed E-state index contributed by atoms with van der Waals surface area (Å²) in [5.74, 6) is 1.97. The van der Waals surface area contributed by atoms with Crippen molar-refractivity contribution in [1.82, 2.24) is 10.2 Å². The summed E-state index contributed by atoms with van der Waals surface area (Å²) < 4.78 is 11.1. The van der Waals surface area contributed by atoms with Gasteiger partial charge in [0, 0.05) is 59.1 Å². The van der Waals surface area contributed by atoms with Crippen LogP contribution in [0, 0.1) is 5.41 Å². The van der Waals surface area contributed by atoms with E-state index in [0.717, 1.165) is 44.9 Å². The molecule has 0 amide bonds. The van der Waals surface area contributed by atoms with Crippen LogP contribution in [0.2, 0.25) is 0 Å². The Hall–Kier alpha value is -4.00. The van der Waals surface area contributed by atoms with Gasteiger partial charge in [-0.1, -0.05) is 93.6 Å². The van der Waals surface area contributed by atoms with Gasteiger partial charge in [-0.25, -0.2) is 0 Å². The second-order valence-corrected chi connectivity index (χ2v) is 11.5. The van der Waals surface area contributed by atoms with Gasteiger partial charge in [-0.15, -0.1) is 0 Å². The molecule has 0 aliphatic carbocycles. The zero-order chi connectivity index (χ0) is 29.6. The number of rotatable bonds is 11. The molecule has 0 spiro atoms. The molecule has 6 nitrogen and oxygen atoms in total. The van der Waals surface area contributed by atoms with Crippen LogP contribution in [-0.4, -0.2) is 49.0 Å². The number of phenols is 2. The van der Waals surface area contributed by atoms with Crippen molar-refractivity contribution in [2.75, 3.05) is 27.8 Å². The largest absolute Gasteiger partial charge is 0.507 e. The fourth-order valence-corrected chi connectivity index (χ4v) is 5.47. The lowest BCUT2D eigenvalue weighted by Crippen LogP contribution is -2.47. The summed E-state index contributed by atoms with van der Waals surface area (Å²) >= 11 is 0. The summed E-state index contributed by atoms with van der Waals surface area (Å²) in [6.45, 7) is 8.46. The van der Waals surface area contributed by atoms with E-state index in [0.29, 0.717) is 19.6 Å². The van der Waals surface area contributed by atoms with Gasteiger partial charge in [0.05, 0.1) is 14.2 Å². The van der Waals surface area contributed by atoms with Crippen LogP contribution in [0.15, 0.2) is 84.9 Å². The Labute approximate surface area is 244 Å². The molecule has 0 unspecified atom stereocenters. The summed E-state index contributed by atoms with van der Waals surface area (Å²) in [5, 5.41) is 26.0. The van der Waals surface area contributed by atoms with E-state index in [1.54, 1.807) is 14.2 Å². The number of nitrogens with one attached hydrogen (secondary N) is 1. The average Bonchev–Trinajstić information content (AvgIpc) is 2.96. The number of para-hydroxylation sites is 4. The first kappa shape index (κ1) is 30.0. The fraction of sp³-hybridized carbons (Fsp3) is 0.314. The predicted octanol–water partition coefficient (Wildman–Crippen LogP) is 7.09. The van der Waals surface area contributed by atoms with E-state index < -0.39 is 0 Å². The number of hydrogen-bond acceptors (Lipinski definition) is 6. The smallest absolute Gasteiger partial charge is 0.128 e. The summed E-state index contributed by atoms with van der Waals surface area (Å²) in [6.07, 6.45) is 0. The van der Waals surface area contributed by atoms with Gasteiger partial charge in [-0.2, -0.15) is 0 Å². The maximum Gasteiger partial charge on any atom is 0.128 e. The highest BCUT2D eigenvalue weighted by molar-refractivity contribution is 5.77. The van der Waals surface area contributed by atoms with Crippen LogP contribution < -0.4 is 14.8 Å². The van der Waals surface area contributed by atoms with E-state index >= 15 is 0 Å². The average molecular weight is 555 g/mol. The number of methoxy groups -OCH3 is 2. The molecule has 3 N–H and O–H groups in total. The van der Waals surface area contributed by atoms with Crippen LogP contribution in [0.3, 0.4) is 0 Å². The molecule has 0 aliphatic rings. The minimum Gasteiger partial charge on any atom is -0.507 e. The Morgan fingerprint density at radius 1 is 0.683 bits per heavy atom. The summed E-state index contributed by atoms with van der Waals surface area (Å²) in [7, 11) is 5.37. The highest BCUT2D eigenvalue weighted by Crippen LogP contribution is 2.39. The minimum atomic E-state index is -0.0427. The minimum absolute atomic E-state index is 0.0427. The molecule has 216 valence electrons. The van der Waals surface area contributed by atoms with E-state index in [1.165, 1.54) is 0 Å². The first-order chi connectivity index (χ1) is 19.7. The molecule has 0 fully saturated rings. The van der Waals surface area contributed by atoms with Crippen molar-refractivity contribution >= 4 is 0 Å². The Morgan fingerprint density at radius 3 is 1.66 bits per heavy atom. The number of likely N-dealkylation sites (N-methyl/N-ethyl adjacent to an activating group) is 1. The first-order valence-corrected chi connectivity index (χ1v) is 13.9. The second kappa shape index (κ2) is 13.1. The zero-order valence-electron chi connectivity index (χ0n) is 24.9. The third kappa shape index (κ3) is 6.84. The maximum atomic E-state index is 11.3. The zero-order valence-corrected chi connectivity index (χ0v) is 24.9. The van der Waals surface area contributed by atoms with Crippen molar-refractivity contribution in [2.45, 2.75) is 39.9 Å². The molecule has 0 aromatic heterocycles. The molecule has 0 aliphatic heterocycles. The Kier molecular flexibility index (Phi) is 9.58. The Morgan fingerprint density at radius 2 is 1.15 bits per heavy atom. The van der Waals surface area contributed by atoms with Crippen LogP contribution in [-0.2, 0) is 13.1 Å². The number of nitrogens with zero attached hydrogens (tertiary/aromatic N) is 1. The molecule has 0 saturated carbocycles. The van der Waals surface area contributed by atoms with Crippen LogP contribution in [0.5, 0.6) is 23.0 Å². The van der Waals surface area contributed by atoms with Crippen molar-refractivity contribution in [2.24, 2.45) is 5.41 Å². The van der Waals surface area contributed by atoms with Crippen LogP contribution >= 0.6 is 0 Å². The molecule has 4 rings (SSSR count). The van der Waals surface area contributed by atoms with Crippen LogP contribution in [0.1, 0.15) is 31.9 Å². The molecule has 1 atom stereocenters. The van der Waals surface area contributed by atoms with Crippen LogP contribution in [0.4, 0.5) is 0 Å². The van der Waals surface area contributed by atoms with Crippen LogP contribution in [0.25, 0.3) is 22.3 Å². The van der Waals surface area contributed by atoms with Gasteiger partial charge in [-0.05, 0) is 24.6 Å². The van der Waals surface area contributed by atoms with Gasteiger partial charge in [0.1, 0.15) is 23.0 Å². The van der Waals surface area contributed by atoms with E-state index in [2.05, 4.69) is 38.0 Å². The first-order valence-electron chi connectivity index (χ1n) is 13.9. The highest BCUT2D eigenvalue weighted by Gasteiger charge is 2.29. The number of hydrogen-bond donors (Lipinski definition) is 3. The molecule has 0 radical (unpaired) electrons.